The first-order valence-electron chi connectivity index (χ1n) is 18.3. The van der Waals surface area contributed by atoms with Gasteiger partial charge in [0.05, 0.1) is 33.9 Å². The van der Waals surface area contributed by atoms with Crippen molar-refractivity contribution >= 4 is 29.8 Å². The molecule has 4 aliphatic carbocycles. The highest BCUT2D eigenvalue weighted by Gasteiger charge is 2.55. The molecule has 8 aliphatic rings. The van der Waals surface area contributed by atoms with Gasteiger partial charge in [-0.05, 0) is 104 Å². The Balaban J connectivity index is 0.000000195. The third kappa shape index (κ3) is 8.96. The number of hydrogen-bond donors (Lipinski definition) is 0. The Bertz CT molecular complexity index is 1260. The van der Waals surface area contributed by atoms with Crippen LogP contribution in [0.25, 0.3) is 0 Å². The number of ether oxygens (including phenoxy) is 7. The van der Waals surface area contributed by atoms with Crippen LogP contribution >= 0.6 is 0 Å². The summed E-state index contributed by atoms with van der Waals surface area (Å²) in [6.07, 6.45) is 9.46. The largest absolute Gasteiger partial charge is 0.462 e. The van der Waals surface area contributed by atoms with E-state index >= 15 is 0 Å². The van der Waals surface area contributed by atoms with Crippen molar-refractivity contribution in [3.63, 3.8) is 0 Å². The lowest BCUT2D eigenvalue weighted by molar-refractivity contribution is -0.199. The zero-order valence-corrected chi connectivity index (χ0v) is 30.2. The molecule has 4 aliphatic heterocycles. The van der Waals surface area contributed by atoms with Crippen molar-refractivity contribution in [2.75, 3.05) is 26.6 Å². The van der Waals surface area contributed by atoms with E-state index in [-0.39, 0.29) is 80.1 Å². The van der Waals surface area contributed by atoms with Crippen molar-refractivity contribution in [1.29, 1.82) is 0 Å². The second-order valence-corrected chi connectivity index (χ2v) is 16.6. The summed E-state index contributed by atoms with van der Waals surface area (Å²) in [5.74, 6) is -0.450. The van der Waals surface area contributed by atoms with Crippen molar-refractivity contribution in [3.8, 4) is 0 Å². The van der Waals surface area contributed by atoms with Crippen molar-refractivity contribution in [1.82, 2.24) is 0 Å². The summed E-state index contributed by atoms with van der Waals surface area (Å²) >= 11 is 0. The van der Waals surface area contributed by atoms with E-state index in [1.165, 1.54) is 0 Å². The monoisotopic (exact) mass is 692 g/mol. The molecule has 0 radical (unpaired) electrons. The van der Waals surface area contributed by atoms with E-state index in [0.29, 0.717) is 37.5 Å². The molecule has 4 saturated carbocycles. The molecular formula is C37H56O12. The van der Waals surface area contributed by atoms with Gasteiger partial charge in [-0.25, -0.2) is 4.79 Å². The van der Waals surface area contributed by atoms with E-state index < -0.39 is 22.4 Å². The van der Waals surface area contributed by atoms with Gasteiger partial charge < -0.3 is 33.2 Å². The van der Waals surface area contributed by atoms with E-state index in [2.05, 4.69) is 0 Å². The highest BCUT2D eigenvalue weighted by molar-refractivity contribution is 5.76. The molecule has 276 valence electrons. The maximum absolute atomic E-state index is 12.1. The number of carbonyl (C=O) groups excluding carboxylic acids is 5. The van der Waals surface area contributed by atoms with Gasteiger partial charge in [0.1, 0.15) is 32.0 Å². The molecule has 0 aromatic rings. The lowest BCUT2D eigenvalue weighted by atomic mass is 9.65. The molecule has 0 amide bonds. The Kier molecular flexibility index (Phi) is 11.4. The predicted molar refractivity (Wildman–Crippen MR) is 173 cm³/mol. The fraction of sp³-hybridized carbons (Fsp3) is 0.865. The van der Waals surface area contributed by atoms with Gasteiger partial charge in [-0.3, -0.25) is 19.2 Å². The first-order valence-corrected chi connectivity index (χ1v) is 18.3. The number of fused-ring (bicyclic) bond motifs is 2. The summed E-state index contributed by atoms with van der Waals surface area (Å²) in [5.41, 5.74) is -1.83. The molecule has 12 nitrogen and oxygen atoms in total. The molecule has 8 bridgehead atoms. The van der Waals surface area contributed by atoms with Crippen molar-refractivity contribution in [3.05, 3.63) is 0 Å². The van der Waals surface area contributed by atoms with E-state index in [9.17, 15) is 24.0 Å². The van der Waals surface area contributed by atoms with Crippen molar-refractivity contribution < 1.29 is 57.1 Å². The van der Waals surface area contributed by atoms with Crippen LogP contribution in [0.15, 0.2) is 0 Å². The zero-order chi connectivity index (χ0) is 35.6. The molecule has 0 aromatic heterocycles. The Morgan fingerprint density at radius 1 is 0.653 bits per heavy atom. The molecular weight excluding hydrogens is 636 g/mol. The standard InChI is InChI=1S/C20H30O7.C17H26O5/c1-4-19(2,3)18(23)25-6-5-24-16(21)12-26-20-9-13-7-14(10-20)17(22)27-15(8-13)11-20;1-4-16(2,3)15(19)20-10-21-17-7-11-5-12(8-17)14(18)22-13(6-11)9-17/h13-15H,4-12H2,1-3H3;11-13H,4-10H2,1-3H3. The Hall–Kier alpha value is -2.73. The quantitative estimate of drug-likeness (QED) is 0.108. The van der Waals surface area contributed by atoms with Crippen LogP contribution in [-0.4, -0.2) is 79.9 Å². The van der Waals surface area contributed by atoms with Crippen LogP contribution in [-0.2, 0) is 57.1 Å². The van der Waals surface area contributed by atoms with Crippen LogP contribution < -0.4 is 0 Å². The molecule has 0 spiro atoms. The average molecular weight is 693 g/mol. The van der Waals surface area contributed by atoms with Crippen LogP contribution in [0, 0.1) is 34.5 Å². The van der Waals surface area contributed by atoms with Gasteiger partial charge >= 0.3 is 29.8 Å². The molecule has 12 heteroatoms. The van der Waals surface area contributed by atoms with Gasteiger partial charge in [0, 0.05) is 12.8 Å². The van der Waals surface area contributed by atoms with E-state index in [0.717, 1.165) is 51.4 Å². The summed E-state index contributed by atoms with van der Waals surface area (Å²) in [5, 5.41) is 0. The summed E-state index contributed by atoms with van der Waals surface area (Å²) in [6.45, 7) is 11.1. The minimum absolute atomic E-state index is 0.0101. The number of esters is 5. The third-order valence-corrected chi connectivity index (χ3v) is 11.9. The maximum Gasteiger partial charge on any atom is 0.332 e. The van der Waals surface area contributed by atoms with Gasteiger partial charge in [-0.2, -0.15) is 0 Å². The smallest absolute Gasteiger partial charge is 0.332 e. The molecule has 4 saturated heterocycles. The molecule has 0 aromatic carbocycles. The van der Waals surface area contributed by atoms with E-state index in [4.69, 9.17) is 33.2 Å². The minimum atomic E-state index is -0.538. The fourth-order valence-electron chi connectivity index (χ4n) is 8.53. The van der Waals surface area contributed by atoms with Crippen molar-refractivity contribution in [2.24, 2.45) is 34.5 Å². The Morgan fingerprint density at radius 3 is 1.63 bits per heavy atom. The highest BCUT2D eigenvalue weighted by atomic mass is 16.7. The molecule has 0 N–H and O–H groups in total. The topological polar surface area (TPSA) is 150 Å². The van der Waals surface area contributed by atoms with Crippen molar-refractivity contribution in [2.45, 2.75) is 142 Å². The average Bonchev–Trinajstić information content (AvgIpc) is 3.31. The molecule has 8 fully saturated rings. The summed E-state index contributed by atoms with van der Waals surface area (Å²) < 4.78 is 38.6. The normalized spacial score (nSPS) is 34.2. The third-order valence-electron chi connectivity index (χ3n) is 11.9. The summed E-state index contributed by atoms with van der Waals surface area (Å²) in [4.78, 5) is 59.9. The zero-order valence-electron chi connectivity index (χ0n) is 30.2. The van der Waals surface area contributed by atoms with Crippen LogP contribution in [0.1, 0.15) is 119 Å². The fourth-order valence-corrected chi connectivity index (χ4v) is 8.53. The summed E-state index contributed by atoms with van der Waals surface area (Å²) in [6, 6.07) is 0. The molecule has 8 atom stereocenters. The highest BCUT2D eigenvalue weighted by Crippen LogP contribution is 2.52. The van der Waals surface area contributed by atoms with Crippen LogP contribution in [0.4, 0.5) is 0 Å². The first kappa shape index (κ1) is 37.5. The molecule has 8 unspecified atom stereocenters. The SMILES string of the molecule is CCC(C)(C)C(=O)OCCOC(=O)COC12CC3CC(C1)OC(=O)C(C3)C2.CCC(C)(C)C(=O)OCOC12CC3CC(C1)OC(=O)C(C3)C2. The first-order chi connectivity index (χ1) is 23.1. The van der Waals surface area contributed by atoms with Gasteiger partial charge in [-0.15, -0.1) is 0 Å². The van der Waals surface area contributed by atoms with Gasteiger partial charge in [0.25, 0.3) is 0 Å². The van der Waals surface area contributed by atoms with Gasteiger partial charge in [0.15, 0.2) is 6.79 Å². The number of rotatable bonds is 13. The van der Waals surface area contributed by atoms with Gasteiger partial charge in [-0.1, -0.05) is 13.8 Å². The predicted octanol–water partition coefficient (Wildman–Crippen LogP) is 5.21. The number of carbonyl (C=O) groups is 5. The van der Waals surface area contributed by atoms with Crippen LogP contribution in [0.5, 0.6) is 0 Å². The molecule has 4 heterocycles. The molecule has 8 rings (SSSR count). The van der Waals surface area contributed by atoms with E-state index in [1.54, 1.807) is 0 Å². The van der Waals surface area contributed by atoms with Crippen LogP contribution in [0.2, 0.25) is 0 Å². The van der Waals surface area contributed by atoms with E-state index in [1.807, 2.05) is 41.5 Å². The second-order valence-electron chi connectivity index (χ2n) is 16.6. The molecule has 49 heavy (non-hydrogen) atoms. The number of hydrogen-bond acceptors (Lipinski definition) is 12. The second kappa shape index (κ2) is 14.9. The lowest BCUT2D eigenvalue weighted by Gasteiger charge is -2.45. The maximum atomic E-state index is 12.1. The van der Waals surface area contributed by atoms with Crippen LogP contribution in [0.3, 0.4) is 0 Å². The minimum Gasteiger partial charge on any atom is -0.462 e. The lowest BCUT2D eigenvalue weighted by Crippen LogP contribution is -2.47. The van der Waals surface area contributed by atoms with Gasteiger partial charge in [0.2, 0.25) is 0 Å². The Morgan fingerprint density at radius 2 is 1.12 bits per heavy atom. The Labute approximate surface area is 289 Å². The summed E-state index contributed by atoms with van der Waals surface area (Å²) in [7, 11) is 0.